The van der Waals surface area contributed by atoms with Gasteiger partial charge in [0.15, 0.2) is 0 Å². The van der Waals surface area contributed by atoms with E-state index in [1.807, 2.05) is 6.92 Å². The van der Waals surface area contributed by atoms with Crippen LogP contribution >= 0.6 is 0 Å². The van der Waals surface area contributed by atoms with Crippen LogP contribution in [-0.4, -0.2) is 10.2 Å². The predicted octanol–water partition coefficient (Wildman–Crippen LogP) is 3.23. The summed E-state index contributed by atoms with van der Waals surface area (Å²) in [4.78, 5) is 0. The monoisotopic (exact) mass is 308 g/mol. The van der Waals surface area contributed by atoms with E-state index in [9.17, 15) is 5.26 Å². The van der Waals surface area contributed by atoms with Crippen molar-refractivity contribution in [2.75, 3.05) is 0 Å². The van der Waals surface area contributed by atoms with Crippen molar-refractivity contribution >= 4 is 0 Å². The highest BCUT2D eigenvalue weighted by Crippen LogP contribution is 2.42. The molecule has 0 aliphatic carbocycles. The van der Waals surface area contributed by atoms with Gasteiger partial charge in [0, 0.05) is 11.3 Å². The van der Waals surface area contributed by atoms with E-state index in [-0.39, 0.29) is 17.2 Å². The molecule has 0 amide bonds. The quantitative estimate of drug-likeness (QED) is 0.846. The molecule has 1 aliphatic rings. The average Bonchev–Trinajstić information content (AvgIpc) is 2.86. The van der Waals surface area contributed by atoms with E-state index in [1.54, 1.807) is 0 Å². The van der Waals surface area contributed by atoms with Crippen molar-refractivity contribution < 1.29 is 4.74 Å². The van der Waals surface area contributed by atoms with E-state index < -0.39 is 0 Å². The van der Waals surface area contributed by atoms with Crippen LogP contribution in [0.5, 0.6) is 5.88 Å². The Balaban J connectivity index is 2.13. The standard InChI is InChI=1S/C18H20N4O/c1-10-14-15(11-5-7-12(8-6-11)18(2,3)4)13(9-19)16(20)23-17(14)22-21-10/h5-8,15H,20H2,1-4H3,(H,21,22). The molecule has 3 rings (SSSR count). The summed E-state index contributed by atoms with van der Waals surface area (Å²) >= 11 is 0. The van der Waals surface area contributed by atoms with Gasteiger partial charge in [0.25, 0.3) is 0 Å². The molecule has 23 heavy (non-hydrogen) atoms. The molecule has 0 radical (unpaired) electrons. The number of aryl methyl sites for hydroxylation is 1. The summed E-state index contributed by atoms with van der Waals surface area (Å²) < 4.78 is 5.48. The van der Waals surface area contributed by atoms with Crippen LogP contribution in [0, 0.1) is 18.3 Å². The lowest BCUT2D eigenvalue weighted by molar-refractivity contribution is 0.379. The lowest BCUT2D eigenvalue weighted by atomic mass is 9.81. The molecule has 2 heterocycles. The fourth-order valence-electron chi connectivity index (χ4n) is 2.91. The third-order valence-corrected chi connectivity index (χ3v) is 4.24. The first-order valence-electron chi connectivity index (χ1n) is 7.56. The molecule has 1 atom stereocenters. The first-order valence-corrected chi connectivity index (χ1v) is 7.56. The number of hydrogen-bond donors (Lipinski definition) is 2. The third kappa shape index (κ3) is 2.46. The molecule has 0 fully saturated rings. The fourth-order valence-corrected chi connectivity index (χ4v) is 2.91. The molecule has 1 aliphatic heterocycles. The van der Waals surface area contributed by atoms with Crippen molar-refractivity contribution in [3.05, 3.63) is 58.1 Å². The Morgan fingerprint density at radius 2 is 1.91 bits per heavy atom. The van der Waals surface area contributed by atoms with Gasteiger partial charge in [-0.15, -0.1) is 5.10 Å². The lowest BCUT2D eigenvalue weighted by Gasteiger charge is -2.25. The Morgan fingerprint density at radius 3 is 2.48 bits per heavy atom. The molecule has 0 saturated heterocycles. The van der Waals surface area contributed by atoms with Crippen molar-refractivity contribution in [3.8, 4) is 11.9 Å². The topological polar surface area (TPSA) is 87.7 Å². The molecule has 2 aromatic rings. The minimum absolute atomic E-state index is 0.0812. The van der Waals surface area contributed by atoms with Crippen LogP contribution in [0.2, 0.25) is 0 Å². The molecular formula is C18H20N4O. The summed E-state index contributed by atoms with van der Waals surface area (Å²) in [5.41, 5.74) is 10.4. The number of benzene rings is 1. The van der Waals surface area contributed by atoms with Crippen LogP contribution in [-0.2, 0) is 5.41 Å². The van der Waals surface area contributed by atoms with E-state index in [0.29, 0.717) is 11.5 Å². The van der Waals surface area contributed by atoms with Gasteiger partial charge < -0.3 is 10.5 Å². The first-order chi connectivity index (χ1) is 10.8. The minimum Gasteiger partial charge on any atom is -0.420 e. The van der Waals surface area contributed by atoms with E-state index in [0.717, 1.165) is 16.8 Å². The molecule has 1 aromatic carbocycles. The zero-order valence-electron chi connectivity index (χ0n) is 13.8. The number of H-pyrrole nitrogens is 1. The normalized spacial score (nSPS) is 17.4. The van der Waals surface area contributed by atoms with Crippen molar-refractivity contribution in [3.63, 3.8) is 0 Å². The van der Waals surface area contributed by atoms with Gasteiger partial charge in [-0.05, 0) is 23.5 Å². The lowest BCUT2D eigenvalue weighted by Crippen LogP contribution is -2.21. The third-order valence-electron chi connectivity index (χ3n) is 4.24. The van der Waals surface area contributed by atoms with Gasteiger partial charge in [-0.25, -0.2) is 0 Å². The minimum atomic E-state index is -0.253. The highest BCUT2D eigenvalue weighted by molar-refractivity contribution is 5.55. The second-order valence-electron chi connectivity index (χ2n) is 6.86. The summed E-state index contributed by atoms with van der Waals surface area (Å²) in [7, 11) is 0. The summed E-state index contributed by atoms with van der Waals surface area (Å²) in [6, 6.07) is 10.5. The number of ether oxygens (including phenoxy) is 1. The molecule has 5 heteroatoms. The van der Waals surface area contributed by atoms with Gasteiger partial charge in [0.05, 0.1) is 5.92 Å². The SMILES string of the molecule is Cc1[nH]nc2c1C(c1ccc(C(C)(C)C)cc1)C(C#N)=C(N)O2. The maximum atomic E-state index is 9.53. The maximum Gasteiger partial charge on any atom is 0.244 e. The number of fused-ring (bicyclic) bond motifs is 1. The van der Waals surface area contributed by atoms with Crippen molar-refractivity contribution in [1.82, 2.24) is 10.2 Å². The Morgan fingerprint density at radius 1 is 1.26 bits per heavy atom. The summed E-state index contributed by atoms with van der Waals surface area (Å²) in [5.74, 6) is 0.316. The Labute approximate surface area is 135 Å². The number of nitrogens with zero attached hydrogens (tertiary/aromatic N) is 2. The second-order valence-corrected chi connectivity index (χ2v) is 6.86. The van der Waals surface area contributed by atoms with Crippen LogP contribution in [0.15, 0.2) is 35.7 Å². The van der Waals surface area contributed by atoms with Gasteiger partial charge in [-0.2, -0.15) is 5.26 Å². The Bertz CT molecular complexity index is 816. The zero-order valence-corrected chi connectivity index (χ0v) is 13.8. The molecule has 0 saturated carbocycles. The van der Waals surface area contributed by atoms with Crippen molar-refractivity contribution in [2.45, 2.75) is 39.0 Å². The highest BCUT2D eigenvalue weighted by atomic mass is 16.5. The number of nitriles is 1. The largest absolute Gasteiger partial charge is 0.420 e. The fraction of sp³-hybridized carbons (Fsp3) is 0.333. The van der Waals surface area contributed by atoms with Crippen molar-refractivity contribution in [1.29, 1.82) is 5.26 Å². The molecule has 0 bridgehead atoms. The summed E-state index contributed by atoms with van der Waals surface area (Å²) in [5, 5.41) is 16.6. The van der Waals surface area contributed by atoms with Crippen LogP contribution in [0.1, 0.15) is 49.1 Å². The van der Waals surface area contributed by atoms with Gasteiger partial charge in [-0.1, -0.05) is 45.0 Å². The van der Waals surface area contributed by atoms with Gasteiger partial charge >= 0.3 is 0 Å². The number of nitrogens with two attached hydrogens (primary N) is 1. The van der Waals surface area contributed by atoms with Crippen molar-refractivity contribution in [2.24, 2.45) is 5.73 Å². The summed E-state index contributed by atoms with van der Waals surface area (Å²) in [6.07, 6.45) is 0. The molecule has 118 valence electrons. The highest BCUT2D eigenvalue weighted by Gasteiger charge is 2.34. The molecular weight excluding hydrogens is 288 g/mol. The zero-order chi connectivity index (χ0) is 16.8. The van der Waals surface area contributed by atoms with Gasteiger partial charge in [-0.3, -0.25) is 5.10 Å². The molecule has 5 nitrogen and oxygen atoms in total. The van der Waals surface area contributed by atoms with E-state index in [2.05, 4.69) is 61.3 Å². The number of aromatic amines is 1. The molecule has 3 N–H and O–H groups in total. The van der Waals surface area contributed by atoms with E-state index in [1.165, 1.54) is 5.56 Å². The smallest absolute Gasteiger partial charge is 0.244 e. The average molecular weight is 308 g/mol. The first kappa shape index (κ1) is 15.2. The number of aromatic nitrogens is 2. The Hall–Kier alpha value is -2.74. The van der Waals surface area contributed by atoms with Crippen LogP contribution < -0.4 is 10.5 Å². The molecule has 1 unspecified atom stereocenters. The van der Waals surface area contributed by atoms with E-state index in [4.69, 9.17) is 10.5 Å². The van der Waals surface area contributed by atoms with E-state index >= 15 is 0 Å². The summed E-state index contributed by atoms with van der Waals surface area (Å²) in [6.45, 7) is 8.44. The van der Waals surface area contributed by atoms with Gasteiger partial charge in [0.2, 0.25) is 11.8 Å². The molecule has 1 aromatic heterocycles. The number of allylic oxidation sites excluding steroid dienone is 1. The van der Waals surface area contributed by atoms with Crippen LogP contribution in [0.4, 0.5) is 0 Å². The maximum absolute atomic E-state index is 9.53. The van der Waals surface area contributed by atoms with Crippen LogP contribution in [0.3, 0.4) is 0 Å². The number of rotatable bonds is 1. The van der Waals surface area contributed by atoms with Crippen LogP contribution in [0.25, 0.3) is 0 Å². The van der Waals surface area contributed by atoms with Gasteiger partial charge in [0.1, 0.15) is 11.6 Å². The number of hydrogen-bond acceptors (Lipinski definition) is 4. The second kappa shape index (κ2) is 5.17. The number of nitrogens with one attached hydrogen (secondary N) is 1. The predicted molar refractivity (Wildman–Crippen MR) is 87.8 cm³/mol. The molecule has 0 spiro atoms. The Kier molecular flexibility index (Phi) is 3.41.